The van der Waals surface area contributed by atoms with E-state index in [1.807, 2.05) is 10.6 Å². The molecule has 13 heavy (non-hydrogen) atoms. The Labute approximate surface area is 86.4 Å². The van der Waals surface area contributed by atoms with E-state index in [0.717, 1.165) is 19.4 Å². The molecule has 70 valence electrons. The number of anilines is 1. The van der Waals surface area contributed by atoms with E-state index < -0.39 is 0 Å². The van der Waals surface area contributed by atoms with E-state index in [1.165, 1.54) is 11.3 Å². The fraction of sp³-hybridized carbons (Fsp3) is 0.500. The van der Waals surface area contributed by atoms with Crippen molar-refractivity contribution < 1.29 is 0 Å². The van der Waals surface area contributed by atoms with Gasteiger partial charge in [-0.2, -0.15) is 5.26 Å². The van der Waals surface area contributed by atoms with Gasteiger partial charge in [-0.15, -0.1) is 0 Å². The van der Waals surface area contributed by atoms with Crippen LogP contribution in [0.15, 0.2) is 0 Å². The Morgan fingerprint density at radius 3 is 2.85 bits per heavy atom. The molecule has 3 nitrogen and oxygen atoms in total. The number of nitrogens with two attached hydrogens (primary N) is 1. The van der Waals surface area contributed by atoms with Gasteiger partial charge in [0.1, 0.15) is 16.8 Å². The lowest BCUT2D eigenvalue weighted by Crippen LogP contribution is -2.03. The monoisotopic (exact) mass is 213 g/mol. The van der Waals surface area contributed by atoms with Gasteiger partial charge in [0.05, 0.1) is 0 Å². The zero-order chi connectivity index (χ0) is 9.84. The van der Waals surface area contributed by atoms with Gasteiger partial charge < -0.3 is 10.3 Å². The molecule has 0 amide bonds. The lowest BCUT2D eigenvalue weighted by atomic mass is 10.3. The van der Waals surface area contributed by atoms with Crippen molar-refractivity contribution in [3.8, 4) is 6.07 Å². The minimum Gasteiger partial charge on any atom is -0.383 e. The summed E-state index contributed by atoms with van der Waals surface area (Å²) in [7, 11) is 0. The molecule has 0 saturated carbocycles. The summed E-state index contributed by atoms with van der Waals surface area (Å²) >= 11 is 6.37. The average Bonchev–Trinajstić information content (AvgIpc) is 2.39. The van der Waals surface area contributed by atoms with Crippen molar-refractivity contribution in [1.29, 1.82) is 5.26 Å². The summed E-state index contributed by atoms with van der Waals surface area (Å²) < 4.78 is 2.53. The second-order valence-corrected chi connectivity index (χ2v) is 4.34. The molecular formula is C8H11N3S2. The van der Waals surface area contributed by atoms with E-state index in [1.54, 1.807) is 0 Å². The van der Waals surface area contributed by atoms with Crippen LogP contribution in [0.1, 0.15) is 24.6 Å². The highest BCUT2D eigenvalue weighted by Gasteiger charge is 2.07. The standard InChI is InChI=1S/C8H11N3S2/c1-2-3-4-11-7(10)6(5-9)13-8(11)12/h2-4,10H2,1H3. The van der Waals surface area contributed by atoms with E-state index in [4.69, 9.17) is 23.2 Å². The Kier molecular flexibility index (Phi) is 3.46. The lowest BCUT2D eigenvalue weighted by molar-refractivity contribution is 0.638. The van der Waals surface area contributed by atoms with Gasteiger partial charge in [0.2, 0.25) is 0 Å². The van der Waals surface area contributed by atoms with Gasteiger partial charge >= 0.3 is 0 Å². The van der Waals surface area contributed by atoms with Crippen LogP contribution in [0.25, 0.3) is 0 Å². The molecule has 0 radical (unpaired) electrons. The molecule has 5 heteroatoms. The zero-order valence-electron chi connectivity index (χ0n) is 7.41. The molecule has 0 fully saturated rings. The second-order valence-electron chi connectivity index (χ2n) is 2.70. The SMILES string of the molecule is CCCCn1c(N)c(C#N)sc1=S. The number of nitrogen functional groups attached to an aromatic ring is 1. The Morgan fingerprint density at radius 2 is 2.38 bits per heavy atom. The number of unbranched alkanes of at least 4 members (excludes halogenated alkanes) is 1. The molecule has 0 aliphatic rings. The molecule has 0 saturated heterocycles. The third-order valence-electron chi connectivity index (χ3n) is 1.77. The first kappa shape index (κ1) is 10.2. The van der Waals surface area contributed by atoms with E-state index in [0.29, 0.717) is 14.6 Å². The first-order chi connectivity index (χ1) is 6.20. The van der Waals surface area contributed by atoms with Crippen molar-refractivity contribution in [2.24, 2.45) is 0 Å². The quantitative estimate of drug-likeness (QED) is 0.785. The van der Waals surface area contributed by atoms with Crippen LogP contribution in [0.2, 0.25) is 0 Å². The number of thiazole rings is 1. The molecule has 0 aliphatic heterocycles. The summed E-state index contributed by atoms with van der Waals surface area (Å²) in [6, 6.07) is 2.04. The van der Waals surface area contributed by atoms with Crippen LogP contribution < -0.4 is 5.73 Å². The predicted molar refractivity (Wildman–Crippen MR) is 57.2 cm³/mol. The number of nitrogens with zero attached hydrogens (tertiary/aromatic N) is 2. The van der Waals surface area contributed by atoms with Gasteiger partial charge in [-0.05, 0) is 18.6 Å². The topological polar surface area (TPSA) is 54.7 Å². The molecule has 0 unspecified atom stereocenters. The highest BCUT2D eigenvalue weighted by molar-refractivity contribution is 7.73. The van der Waals surface area contributed by atoms with Crippen molar-refractivity contribution in [2.45, 2.75) is 26.3 Å². The van der Waals surface area contributed by atoms with Crippen LogP contribution in [0.5, 0.6) is 0 Å². The van der Waals surface area contributed by atoms with Gasteiger partial charge in [-0.25, -0.2) is 0 Å². The minimum absolute atomic E-state index is 0.519. The van der Waals surface area contributed by atoms with Crippen LogP contribution in [0, 0.1) is 15.3 Å². The van der Waals surface area contributed by atoms with Crippen molar-refractivity contribution in [3.05, 3.63) is 8.83 Å². The molecule has 1 aromatic heterocycles. The van der Waals surface area contributed by atoms with E-state index in [2.05, 4.69) is 6.92 Å². The van der Waals surface area contributed by atoms with Crippen molar-refractivity contribution in [1.82, 2.24) is 4.57 Å². The fourth-order valence-corrected chi connectivity index (χ4v) is 2.20. The molecule has 1 heterocycles. The minimum atomic E-state index is 0.519. The maximum absolute atomic E-state index is 8.70. The van der Waals surface area contributed by atoms with Gasteiger partial charge in [-0.3, -0.25) is 0 Å². The zero-order valence-corrected chi connectivity index (χ0v) is 9.04. The smallest absolute Gasteiger partial charge is 0.163 e. The summed E-state index contributed by atoms with van der Waals surface area (Å²) in [4.78, 5) is 0.529. The first-order valence-corrected chi connectivity index (χ1v) is 5.32. The summed E-state index contributed by atoms with van der Waals surface area (Å²) in [5.41, 5.74) is 5.74. The summed E-state index contributed by atoms with van der Waals surface area (Å²) in [6.45, 7) is 2.93. The highest BCUT2D eigenvalue weighted by Crippen LogP contribution is 2.21. The molecule has 0 bridgehead atoms. The number of nitriles is 1. The number of hydrogen-bond donors (Lipinski definition) is 1. The third kappa shape index (κ3) is 2.08. The maximum atomic E-state index is 8.70. The normalized spacial score (nSPS) is 9.85. The summed E-state index contributed by atoms with van der Waals surface area (Å²) in [5, 5.41) is 8.70. The van der Waals surface area contributed by atoms with Gasteiger partial charge in [0.25, 0.3) is 0 Å². The third-order valence-corrected chi connectivity index (χ3v) is 3.14. The van der Waals surface area contributed by atoms with Crippen molar-refractivity contribution in [3.63, 3.8) is 0 Å². The highest BCUT2D eigenvalue weighted by atomic mass is 32.1. The average molecular weight is 213 g/mol. The Morgan fingerprint density at radius 1 is 1.69 bits per heavy atom. The summed E-state index contributed by atoms with van der Waals surface area (Å²) in [6.07, 6.45) is 2.14. The fourth-order valence-electron chi connectivity index (χ4n) is 1.02. The predicted octanol–water partition coefficient (Wildman–Crippen LogP) is 2.53. The van der Waals surface area contributed by atoms with E-state index in [-0.39, 0.29) is 0 Å². The van der Waals surface area contributed by atoms with Gasteiger partial charge in [0, 0.05) is 6.54 Å². The molecule has 1 rings (SSSR count). The maximum Gasteiger partial charge on any atom is 0.163 e. The van der Waals surface area contributed by atoms with Crippen molar-refractivity contribution >= 4 is 29.4 Å². The molecule has 0 atom stereocenters. The summed E-state index contributed by atoms with van der Waals surface area (Å²) in [5.74, 6) is 0.519. The molecular weight excluding hydrogens is 202 g/mol. The second kappa shape index (κ2) is 4.40. The number of rotatable bonds is 3. The lowest BCUT2D eigenvalue weighted by Gasteiger charge is -2.02. The van der Waals surface area contributed by atoms with Crippen LogP contribution in [-0.4, -0.2) is 4.57 Å². The van der Waals surface area contributed by atoms with Crippen molar-refractivity contribution in [2.75, 3.05) is 5.73 Å². The van der Waals surface area contributed by atoms with Crippen LogP contribution in [-0.2, 0) is 6.54 Å². The van der Waals surface area contributed by atoms with Gasteiger partial charge in [-0.1, -0.05) is 24.7 Å². The number of aromatic nitrogens is 1. The molecule has 0 aliphatic carbocycles. The van der Waals surface area contributed by atoms with Gasteiger partial charge in [0.15, 0.2) is 3.95 Å². The number of hydrogen-bond acceptors (Lipinski definition) is 4. The van der Waals surface area contributed by atoms with Crippen LogP contribution in [0.4, 0.5) is 5.82 Å². The van der Waals surface area contributed by atoms with E-state index in [9.17, 15) is 0 Å². The van der Waals surface area contributed by atoms with Crippen LogP contribution >= 0.6 is 23.6 Å². The Balaban J connectivity index is 3.01. The molecule has 2 N–H and O–H groups in total. The molecule has 1 aromatic rings. The van der Waals surface area contributed by atoms with E-state index >= 15 is 0 Å². The largest absolute Gasteiger partial charge is 0.383 e. The van der Waals surface area contributed by atoms with Crippen LogP contribution in [0.3, 0.4) is 0 Å². The molecule has 0 spiro atoms. The molecule has 0 aromatic carbocycles. The Hall–Kier alpha value is -0.860. The Bertz CT molecular complexity index is 383. The first-order valence-electron chi connectivity index (χ1n) is 4.10.